The molecule has 3 aliphatic rings. The first-order valence-electron chi connectivity index (χ1n) is 11.3. The van der Waals surface area contributed by atoms with Crippen LogP contribution in [0, 0.1) is 17.6 Å². The number of carbonyl (C=O) groups excluding carboxylic acids is 1. The molecule has 0 spiro atoms. The van der Waals surface area contributed by atoms with Crippen LogP contribution in [0.3, 0.4) is 0 Å². The Bertz CT molecular complexity index is 1190. The minimum atomic E-state index is -3.57. The number of piperidine rings is 2. The van der Waals surface area contributed by atoms with Gasteiger partial charge in [0.1, 0.15) is 17.2 Å². The van der Waals surface area contributed by atoms with Crippen molar-refractivity contribution in [2.24, 2.45) is 5.92 Å². The SMILES string of the molecule is CC(C)(C)OC(=O)N1C2CC(C2)[C@H](NS(C)(=O)=O)[C@@H]1Cc1cccc(-c2cccc(F)c2)c1F. The number of nitrogens with zero attached hydrogens (tertiary/aromatic N) is 1. The Hall–Kier alpha value is -2.52. The first-order chi connectivity index (χ1) is 15.8. The van der Waals surface area contributed by atoms with E-state index in [9.17, 15) is 17.6 Å². The van der Waals surface area contributed by atoms with E-state index < -0.39 is 45.4 Å². The second-order valence-corrected chi connectivity index (χ2v) is 12.0. The summed E-state index contributed by atoms with van der Waals surface area (Å²) in [4.78, 5) is 14.7. The zero-order valence-electron chi connectivity index (χ0n) is 19.7. The maximum atomic E-state index is 15.6. The summed E-state index contributed by atoms with van der Waals surface area (Å²) >= 11 is 0. The van der Waals surface area contributed by atoms with Crippen LogP contribution in [-0.2, 0) is 21.2 Å². The first kappa shape index (κ1) is 24.6. The summed E-state index contributed by atoms with van der Waals surface area (Å²) in [5.74, 6) is -0.935. The van der Waals surface area contributed by atoms with Gasteiger partial charge in [-0.15, -0.1) is 0 Å². The number of nitrogens with one attached hydrogen (secondary N) is 1. The van der Waals surface area contributed by atoms with Crippen LogP contribution >= 0.6 is 0 Å². The van der Waals surface area contributed by atoms with Crippen molar-refractivity contribution in [1.29, 1.82) is 0 Å². The number of carbonyl (C=O) groups is 1. The van der Waals surface area contributed by atoms with Gasteiger partial charge in [0.2, 0.25) is 10.0 Å². The van der Waals surface area contributed by atoms with Crippen molar-refractivity contribution >= 4 is 16.1 Å². The predicted molar refractivity (Wildman–Crippen MR) is 126 cm³/mol. The van der Waals surface area contributed by atoms with Crippen LogP contribution in [0.5, 0.6) is 0 Å². The molecule has 1 amide bonds. The number of rotatable bonds is 5. The molecule has 34 heavy (non-hydrogen) atoms. The van der Waals surface area contributed by atoms with Crippen LogP contribution in [0.25, 0.3) is 11.1 Å². The van der Waals surface area contributed by atoms with E-state index in [1.807, 2.05) is 0 Å². The Labute approximate surface area is 199 Å². The number of fused-ring (bicyclic) bond motifs is 2. The largest absolute Gasteiger partial charge is 0.444 e. The average Bonchev–Trinajstić information content (AvgIpc) is 2.66. The lowest BCUT2D eigenvalue weighted by Crippen LogP contribution is -2.70. The van der Waals surface area contributed by atoms with Crippen LogP contribution in [0.1, 0.15) is 39.2 Å². The summed E-state index contributed by atoms with van der Waals surface area (Å²) in [6, 6.07) is 9.29. The summed E-state index contributed by atoms with van der Waals surface area (Å²) in [5, 5.41) is 0. The quantitative estimate of drug-likeness (QED) is 0.667. The molecule has 2 atom stereocenters. The second kappa shape index (κ2) is 8.92. The summed E-state index contributed by atoms with van der Waals surface area (Å²) in [7, 11) is -3.57. The number of benzene rings is 2. The number of hydrogen-bond donors (Lipinski definition) is 1. The van der Waals surface area contributed by atoms with Gasteiger partial charge in [-0.1, -0.05) is 30.3 Å². The molecule has 0 radical (unpaired) electrons. The van der Waals surface area contributed by atoms with Gasteiger partial charge in [-0.25, -0.2) is 26.7 Å². The van der Waals surface area contributed by atoms with Crippen LogP contribution in [0.2, 0.25) is 0 Å². The van der Waals surface area contributed by atoms with Gasteiger partial charge in [-0.05, 0) is 69.2 Å². The van der Waals surface area contributed by atoms with E-state index in [4.69, 9.17) is 4.74 Å². The minimum absolute atomic E-state index is 0.0536. The van der Waals surface area contributed by atoms with Gasteiger partial charge in [0.05, 0.1) is 12.3 Å². The Morgan fingerprint density at radius 3 is 2.44 bits per heavy atom. The molecule has 2 aromatic carbocycles. The fourth-order valence-corrected chi connectivity index (χ4v) is 5.84. The predicted octanol–water partition coefficient (Wildman–Crippen LogP) is 4.49. The van der Waals surface area contributed by atoms with Gasteiger partial charge in [0.15, 0.2) is 0 Å². The van der Waals surface area contributed by atoms with E-state index in [0.717, 1.165) is 6.26 Å². The molecule has 0 aromatic heterocycles. The molecule has 2 aliphatic heterocycles. The molecule has 9 heteroatoms. The van der Waals surface area contributed by atoms with Crippen molar-refractivity contribution in [3.63, 3.8) is 0 Å². The van der Waals surface area contributed by atoms with E-state index in [-0.39, 0.29) is 23.9 Å². The summed E-state index contributed by atoms with van der Waals surface area (Å²) < 4.78 is 62.0. The zero-order valence-corrected chi connectivity index (χ0v) is 20.5. The van der Waals surface area contributed by atoms with Crippen LogP contribution < -0.4 is 4.72 Å². The minimum Gasteiger partial charge on any atom is -0.444 e. The van der Waals surface area contributed by atoms with Crippen molar-refractivity contribution in [3.8, 4) is 11.1 Å². The third-order valence-electron chi connectivity index (χ3n) is 6.42. The molecule has 2 saturated heterocycles. The Balaban J connectivity index is 1.71. The zero-order chi connectivity index (χ0) is 24.8. The molecule has 5 rings (SSSR count). The molecule has 3 fully saturated rings. The van der Waals surface area contributed by atoms with Gasteiger partial charge in [-0.3, -0.25) is 0 Å². The monoisotopic (exact) mass is 492 g/mol. The van der Waals surface area contributed by atoms with Crippen LogP contribution in [-0.4, -0.2) is 49.4 Å². The molecule has 2 bridgehead atoms. The number of halogens is 2. The highest BCUT2D eigenvalue weighted by atomic mass is 32.2. The summed E-state index contributed by atoms with van der Waals surface area (Å²) in [5.41, 5.74) is 0.238. The molecular formula is C25H30F2N2O4S. The highest BCUT2D eigenvalue weighted by Crippen LogP contribution is 2.45. The Kier molecular flexibility index (Phi) is 6.46. The fraction of sp³-hybridized carbons (Fsp3) is 0.480. The normalized spacial score (nSPS) is 24.5. The van der Waals surface area contributed by atoms with E-state index in [1.165, 1.54) is 18.2 Å². The van der Waals surface area contributed by atoms with Gasteiger partial charge in [-0.2, -0.15) is 0 Å². The molecule has 0 unspecified atom stereocenters. The number of hydrogen-bond acceptors (Lipinski definition) is 4. The highest BCUT2D eigenvalue weighted by molar-refractivity contribution is 7.88. The average molecular weight is 493 g/mol. The smallest absolute Gasteiger partial charge is 0.410 e. The van der Waals surface area contributed by atoms with E-state index in [2.05, 4.69) is 4.72 Å². The van der Waals surface area contributed by atoms with Crippen LogP contribution in [0.15, 0.2) is 42.5 Å². The molecule has 2 heterocycles. The maximum absolute atomic E-state index is 15.6. The molecule has 6 nitrogen and oxygen atoms in total. The third-order valence-corrected chi connectivity index (χ3v) is 7.12. The van der Waals surface area contributed by atoms with Crippen molar-refractivity contribution < 1.29 is 26.7 Å². The molecule has 1 saturated carbocycles. The van der Waals surface area contributed by atoms with Crippen molar-refractivity contribution in [2.75, 3.05) is 6.26 Å². The Morgan fingerprint density at radius 1 is 1.15 bits per heavy atom. The molecule has 1 aliphatic carbocycles. The first-order valence-corrected chi connectivity index (χ1v) is 13.2. The van der Waals surface area contributed by atoms with Gasteiger partial charge < -0.3 is 9.64 Å². The number of ether oxygens (including phenoxy) is 1. The topological polar surface area (TPSA) is 75.7 Å². The summed E-state index contributed by atoms with van der Waals surface area (Å²) in [6.07, 6.45) is 1.96. The number of sulfonamides is 1. The van der Waals surface area contributed by atoms with Gasteiger partial charge >= 0.3 is 6.09 Å². The lowest BCUT2D eigenvalue weighted by molar-refractivity contribution is -0.0652. The third kappa shape index (κ3) is 5.25. The van der Waals surface area contributed by atoms with E-state index >= 15 is 4.39 Å². The number of amides is 1. The lowest BCUT2D eigenvalue weighted by atomic mass is 9.67. The maximum Gasteiger partial charge on any atom is 0.410 e. The van der Waals surface area contributed by atoms with Crippen LogP contribution in [0.4, 0.5) is 13.6 Å². The van der Waals surface area contributed by atoms with Crippen molar-refractivity contribution in [2.45, 2.75) is 63.8 Å². The van der Waals surface area contributed by atoms with E-state index in [0.29, 0.717) is 24.0 Å². The molecular weight excluding hydrogens is 462 g/mol. The summed E-state index contributed by atoms with van der Waals surface area (Å²) in [6.45, 7) is 5.30. The lowest BCUT2D eigenvalue weighted by Gasteiger charge is -2.57. The van der Waals surface area contributed by atoms with Gasteiger partial charge in [0, 0.05) is 17.6 Å². The molecule has 2 aromatic rings. The highest BCUT2D eigenvalue weighted by Gasteiger charge is 2.54. The Morgan fingerprint density at radius 2 is 1.82 bits per heavy atom. The second-order valence-electron chi connectivity index (χ2n) is 10.2. The van der Waals surface area contributed by atoms with Crippen molar-refractivity contribution in [3.05, 3.63) is 59.7 Å². The fourth-order valence-electron chi connectivity index (χ4n) is 5.00. The molecule has 184 valence electrons. The van der Waals surface area contributed by atoms with Gasteiger partial charge in [0.25, 0.3) is 0 Å². The standard InChI is InChI=1S/C25H30F2N2O4S/c1-25(2,3)33-24(30)29-19-12-17(13-19)23(28-34(4,31)32)21(29)14-16-8-6-10-20(22(16)27)15-7-5-9-18(26)11-15/h5-11,17,19,21,23,28H,12-14H2,1-4H3/t17?,19?,21-,23-/m0/s1. The van der Waals surface area contributed by atoms with Crippen molar-refractivity contribution in [1.82, 2.24) is 9.62 Å². The van der Waals surface area contributed by atoms with E-state index in [1.54, 1.807) is 49.9 Å². The molecule has 1 N–H and O–H groups in total.